The summed E-state index contributed by atoms with van der Waals surface area (Å²) in [5, 5.41) is 0. The van der Waals surface area contributed by atoms with Crippen molar-refractivity contribution in [1.82, 2.24) is 0 Å². The highest BCUT2D eigenvalue weighted by Crippen LogP contribution is 2.13. The Labute approximate surface area is 91.9 Å². The molecule has 0 saturated heterocycles. The van der Waals surface area contributed by atoms with E-state index in [0.29, 0.717) is 0 Å². The van der Waals surface area contributed by atoms with Crippen molar-refractivity contribution in [3.63, 3.8) is 0 Å². The van der Waals surface area contributed by atoms with Crippen LogP contribution >= 0.6 is 11.8 Å². The number of thioether (sulfide) groups is 1. The fraction of sp³-hybridized carbons (Fsp3) is 0.364. The summed E-state index contributed by atoms with van der Waals surface area (Å²) in [6.45, 7) is 2.00. The Bertz CT molecular complexity index is 352. The molecule has 0 saturated carbocycles. The second-order valence-corrected chi connectivity index (χ2v) is 4.21. The highest BCUT2D eigenvalue weighted by atomic mass is 32.2. The van der Waals surface area contributed by atoms with Gasteiger partial charge in [0.1, 0.15) is 11.6 Å². The number of carbonyl (C=O) groups excluding carboxylic acids is 1. The number of rotatable bonds is 5. The van der Waals surface area contributed by atoms with Crippen molar-refractivity contribution in [3.05, 3.63) is 35.4 Å². The maximum absolute atomic E-state index is 13.1. The molecular formula is C11H12F2OS. The van der Waals surface area contributed by atoms with Crippen LogP contribution < -0.4 is 0 Å². The number of carbonyl (C=O) groups is 1. The van der Waals surface area contributed by atoms with Gasteiger partial charge in [0, 0.05) is 0 Å². The number of halogens is 2. The molecule has 1 aromatic rings. The van der Waals surface area contributed by atoms with Crippen LogP contribution in [0.5, 0.6) is 0 Å². The van der Waals surface area contributed by atoms with E-state index in [9.17, 15) is 13.6 Å². The van der Waals surface area contributed by atoms with Crippen LogP contribution in [0, 0.1) is 11.6 Å². The molecule has 0 aliphatic heterocycles. The van der Waals surface area contributed by atoms with E-state index in [0.717, 1.165) is 30.4 Å². The van der Waals surface area contributed by atoms with Gasteiger partial charge in [0.2, 0.25) is 0 Å². The highest BCUT2D eigenvalue weighted by molar-refractivity contribution is 7.99. The van der Waals surface area contributed by atoms with Crippen molar-refractivity contribution in [1.29, 1.82) is 0 Å². The molecule has 0 spiro atoms. The number of ketones is 1. The van der Waals surface area contributed by atoms with E-state index in [1.807, 2.05) is 6.92 Å². The third kappa shape index (κ3) is 3.63. The van der Waals surface area contributed by atoms with Crippen molar-refractivity contribution >= 4 is 17.5 Å². The summed E-state index contributed by atoms with van der Waals surface area (Å²) >= 11 is 1.43. The standard InChI is InChI=1S/C11H12F2OS/c1-2-5-15-7-11(14)9-6-8(12)3-4-10(9)13/h3-4,6H,2,5,7H2,1H3. The van der Waals surface area contributed by atoms with Crippen LogP contribution in [0.25, 0.3) is 0 Å². The molecule has 0 aliphatic carbocycles. The largest absolute Gasteiger partial charge is 0.293 e. The number of hydrogen-bond donors (Lipinski definition) is 0. The van der Waals surface area contributed by atoms with Gasteiger partial charge in [-0.25, -0.2) is 8.78 Å². The lowest BCUT2D eigenvalue weighted by Gasteiger charge is -2.02. The molecule has 4 heteroatoms. The summed E-state index contributed by atoms with van der Waals surface area (Å²) in [6.07, 6.45) is 0.962. The third-order valence-corrected chi connectivity index (χ3v) is 2.97. The van der Waals surface area contributed by atoms with Gasteiger partial charge in [0.15, 0.2) is 5.78 Å². The summed E-state index contributed by atoms with van der Waals surface area (Å²) in [5.41, 5.74) is -0.154. The first-order valence-corrected chi connectivity index (χ1v) is 5.86. The third-order valence-electron chi connectivity index (χ3n) is 1.81. The van der Waals surface area contributed by atoms with Crippen LogP contribution in [0.15, 0.2) is 18.2 Å². The van der Waals surface area contributed by atoms with Crippen molar-refractivity contribution in [2.24, 2.45) is 0 Å². The van der Waals surface area contributed by atoms with E-state index in [1.54, 1.807) is 0 Å². The minimum absolute atomic E-state index is 0.154. The van der Waals surface area contributed by atoms with Gasteiger partial charge in [-0.2, -0.15) is 11.8 Å². The summed E-state index contributed by atoms with van der Waals surface area (Å²) in [6, 6.07) is 2.93. The fourth-order valence-corrected chi connectivity index (χ4v) is 1.87. The molecule has 0 atom stereocenters. The Balaban J connectivity index is 2.68. The molecule has 0 fully saturated rings. The molecule has 1 rings (SSSR count). The molecule has 0 bridgehead atoms. The predicted molar refractivity (Wildman–Crippen MR) is 58.3 cm³/mol. The maximum Gasteiger partial charge on any atom is 0.175 e. The lowest BCUT2D eigenvalue weighted by molar-refractivity contribution is 0.101. The van der Waals surface area contributed by atoms with Crippen molar-refractivity contribution in [2.75, 3.05) is 11.5 Å². The summed E-state index contributed by atoms with van der Waals surface area (Å²) in [4.78, 5) is 11.5. The first-order chi connectivity index (χ1) is 7.15. The minimum Gasteiger partial charge on any atom is -0.293 e. The highest BCUT2D eigenvalue weighted by Gasteiger charge is 2.12. The van der Waals surface area contributed by atoms with Crippen molar-refractivity contribution in [3.8, 4) is 0 Å². The zero-order valence-corrected chi connectivity index (χ0v) is 9.24. The van der Waals surface area contributed by atoms with Crippen LogP contribution in [0.4, 0.5) is 8.78 Å². The Morgan fingerprint density at radius 2 is 2.13 bits per heavy atom. The van der Waals surface area contributed by atoms with Crippen molar-refractivity contribution in [2.45, 2.75) is 13.3 Å². The van der Waals surface area contributed by atoms with Gasteiger partial charge in [-0.1, -0.05) is 6.92 Å². The average Bonchev–Trinajstić information content (AvgIpc) is 2.22. The van der Waals surface area contributed by atoms with Crippen molar-refractivity contribution < 1.29 is 13.6 Å². The second-order valence-electron chi connectivity index (χ2n) is 3.10. The van der Waals surface area contributed by atoms with Gasteiger partial charge in [0.05, 0.1) is 11.3 Å². The van der Waals surface area contributed by atoms with Gasteiger partial charge in [-0.15, -0.1) is 0 Å². The number of Topliss-reactive ketones (excluding diaryl/α,β-unsaturated/α-hetero) is 1. The van der Waals surface area contributed by atoms with Crippen LogP contribution in [0.1, 0.15) is 23.7 Å². The van der Waals surface area contributed by atoms with Gasteiger partial charge >= 0.3 is 0 Å². The topological polar surface area (TPSA) is 17.1 Å². The van der Waals surface area contributed by atoms with Gasteiger partial charge in [0.25, 0.3) is 0 Å². The Morgan fingerprint density at radius 1 is 1.40 bits per heavy atom. The van der Waals surface area contributed by atoms with Crippen LogP contribution in [-0.4, -0.2) is 17.3 Å². The van der Waals surface area contributed by atoms with E-state index in [4.69, 9.17) is 0 Å². The van der Waals surface area contributed by atoms with E-state index in [2.05, 4.69) is 0 Å². The molecule has 1 aromatic carbocycles. The zero-order valence-electron chi connectivity index (χ0n) is 8.43. The summed E-state index contributed by atoms with van der Waals surface area (Å²) < 4.78 is 25.9. The summed E-state index contributed by atoms with van der Waals surface area (Å²) in [7, 11) is 0. The summed E-state index contributed by atoms with van der Waals surface area (Å²) in [5.74, 6) is -0.541. The molecule has 0 N–H and O–H groups in total. The SMILES string of the molecule is CCCSCC(=O)c1cc(F)ccc1F. The Hall–Kier alpha value is -0.900. The molecule has 1 nitrogen and oxygen atoms in total. The smallest absolute Gasteiger partial charge is 0.175 e. The zero-order chi connectivity index (χ0) is 11.3. The predicted octanol–water partition coefficient (Wildman–Crippen LogP) is 3.29. The number of hydrogen-bond acceptors (Lipinski definition) is 2. The lowest BCUT2D eigenvalue weighted by Crippen LogP contribution is -2.06. The second kappa shape index (κ2) is 5.85. The Kier molecular flexibility index (Phi) is 4.75. The molecule has 0 amide bonds. The van der Waals surface area contributed by atoms with Crippen LogP contribution in [0.2, 0.25) is 0 Å². The average molecular weight is 230 g/mol. The van der Waals surface area contributed by atoms with E-state index < -0.39 is 11.6 Å². The fourth-order valence-electron chi connectivity index (χ4n) is 1.10. The van der Waals surface area contributed by atoms with E-state index >= 15 is 0 Å². The van der Waals surface area contributed by atoms with E-state index in [1.165, 1.54) is 11.8 Å². The first kappa shape index (κ1) is 12.2. The molecule has 0 aliphatic rings. The number of benzene rings is 1. The van der Waals surface area contributed by atoms with Crippen LogP contribution in [-0.2, 0) is 0 Å². The molecule has 0 aromatic heterocycles. The van der Waals surface area contributed by atoms with Crippen LogP contribution in [0.3, 0.4) is 0 Å². The molecule has 0 radical (unpaired) electrons. The van der Waals surface area contributed by atoms with Gasteiger partial charge in [-0.05, 0) is 30.4 Å². The molecule has 0 unspecified atom stereocenters. The first-order valence-electron chi connectivity index (χ1n) is 4.71. The van der Waals surface area contributed by atoms with E-state index in [-0.39, 0.29) is 17.1 Å². The minimum atomic E-state index is -0.654. The molecule has 0 heterocycles. The molecule has 15 heavy (non-hydrogen) atoms. The molecule has 82 valence electrons. The monoisotopic (exact) mass is 230 g/mol. The normalized spacial score (nSPS) is 10.3. The molecular weight excluding hydrogens is 218 g/mol. The lowest BCUT2D eigenvalue weighted by atomic mass is 10.1. The maximum atomic E-state index is 13.1. The van der Waals surface area contributed by atoms with Gasteiger partial charge in [-0.3, -0.25) is 4.79 Å². The Morgan fingerprint density at radius 3 is 2.80 bits per heavy atom. The van der Waals surface area contributed by atoms with Gasteiger partial charge < -0.3 is 0 Å². The quantitative estimate of drug-likeness (QED) is 0.570.